The van der Waals surface area contributed by atoms with Gasteiger partial charge in [0.25, 0.3) is 10.0 Å². The first-order valence-corrected chi connectivity index (χ1v) is 8.27. The third-order valence-electron chi connectivity index (χ3n) is 3.72. The third kappa shape index (κ3) is 2.25. The summed E-state index contributed by atoms with van der Waals surface area (Å²) >= 11 is 0. The number of hydrogen-bond acceptors (Lipinski definition) is 3. The maximum atomic E-state index is 12.8. The molecule has 1 aliphatic heterocycles. The summed E-state index contributed by atoms with van der Waals surface area (Å²) in [6.45, 7) is 1.87. The van der Waals surface area contributed by atoms with Crippen LogP contribution in [0.4, 0.5) is 5.69 Å². The van der Waals surface area contributed by atoms with Gasteiger partial charge in [0.2, 0.25) is 0 Å². The lowest BCUT2D eigenvalue weighted by molar-refractivity contribution is -0.137. The summed E-state index contributed by atoms with van der Waals surface area (Å²) in [5, 5.41) is 9.17. The highest BCUT2D eigenvalue weighted by Gasteiger charge is 2.43. The highest BCUT2D eigenvalue weighted by atomic mass is 32.2. The van der Waals surface area contributed by atoms with E-state index in [1.165, 1.54) is 10.4 Å². The molecule has 6 heteroatoms. The normalized spacial score (nSPS) is 19.0. The number of carboxylic acid groups (broad SMARTS) is 1. The minimum absolute atomic E-state index is 0.183. The van der Waals surface area contributed by atoms with E-state index in [0.29, 0.717) is 11.3 Å². The van der Waals surface area contributed by atoms with Crippen LogP contribution < -0.4 is 4.31 Å². The van der Waals surface area contributed by atoms with Crippen molar-refractivity contribution >= 4 is 21.7 Å². The molecule has 1 heterocycles. The minimum atomic E-state index is -3.74. The molecule has 5 nitrogen and oxygen atoms in total. The first kappa shape index (κ1) is 14.6. The van der Waals surface area contributed by atoms with Crippen molar-refractivity contribution in [3.05, 3.63) is 59.7 Å². The van der Waals surface area contributed by atoms with Crippen molar-refractivity contribution in [1.82, 2.24) is 0 Å². The number of benzene rings is 2. The summed E-state index contributed by atoms with van der Waals surface area (Å²) in [7, 11) is -3.74. The maximum Gasteiger partial charge on any atom is 0.305 e. The Morgan fingerprint density at radius 2 is 1.91 bits per heavy atom. The van der Waals surface area contributed by atoms with Crippen molar-refractivity contribution < 1.29 is 18.3 Å². The zero-order chi connectivity index (χ0) is 15.9. The number of nitrogens with zero attached hydrogens (tertiary/aromatic N) is 1. The molecule has 0 saturated carbocycles. The van der Waals surface area contributed by atoms with Gasteiger partial charge in [-0.2, -0.15) is 0 Å². The fourth-order valence-electron chi connectivity index (χ4n) is 2.83. The van der Waals surface area contributed by atoms with E-state index in [0.717, 1.165) is 5.56 Å². The summed E-state index contributed by atoms with van der Waals surface area (Å²) in [6, 6.07) is 12.9. The number of sulfonamides is 1. The Bertz CT molecular complexity index is 845. The average molecular weight is 317 g/mol. The molecule has 3 rings (SSSR count). The Hall–Kier alpha value is -2.34. The number of fused-ring (bicyclic) bond motifs is 1. The fraction of sp³-hybridized carbons (Fsp3) is 0.188. The lowest BCUT2D eigenvalue weighted by Gasteiger charge is -2.25. The van der Waals surface area contributed by atoms with Crippen LogP contribution in [-0.2, 0) is 14.8 Å². The molecule has 0 bridgehead atoms. The van der Waals surface area contributed by atoms with E-state index < -0.39 is 22.0 Å². The summed E-state index contributed by atoms with van der Waals surface area (Å²) in [5.41, 5.74) is 1.94. The van der Waals surface area contributed by atoms with Gasteiger partial charge in [0, 0.05) is 0 Å². The molecule has 0 saturated heterocycles. The minimum Gasteiger partial charge on any atom is -0.481 e. The van der Waals surface area contributed by atoms with Gasteiger partial charge in [-0.15, -0.1) is 0 Å². The molecule has 0 fully saturated rings. The Balaban J connectivity index is 2.21. The predicted molar refractivity (Wildman–Crippen MR) is 82.3 cm³/mol. The Morgan fingerprint density at radius 1 is 1.18 bits per heavy atom. The molecule has 0 radical (unpaired) electrons. The van der Waals surface area contributed by atoms with Crippen LogP contribution in [0.15, 0.2) is 53.4 Å². The van der Waals surface area contributed by atoms with E-state index in [9.17, 15) is 13.2 Å². The summed E-state index contributed by atoms with van der Waals surface area (Å²) in [4.78, 5) is 11.4. The lowest BCUT2D eigenvalue weighted by Crippen LogP contribution is -2.29. The van der Waals surface area contributed by atoms with E-state index in [4.69, 9.17) is 5.11 Å². The van der Waals surface area contributed by atoms with Gasteiger partial charge in [-0.05, 0) is 36.2 Å². The number of anilines is 1. The zero-order valence-electron chi connectivity index (χ0n) is 11.9. The predicted octanol–water partition coefficient (Wildman–Crippen LogP) is 2.72. The van der Waals surface area contributed by atoms with Crippen LogP contribution in [-0.4, -0.2) is 19.5 Å². The van der Waals surface area contributed by atoms with Crippen LogP contribution in [0.3, 0.4) is 0 Å². The fourth-order valence-corrected chi connectivity index (χ4v) is 4.71. The van der Waals surface area contributed by atoms with Gasteiger partial charge < -0.3 is 5.11 Å². The van der Waals surface area contributed by atoms with E-state index in [1.54, 1.807) is 36.4 Å². The second-order valence-corrected chi connectivity index (χ2v) is 7.07. The molecule has 1 N–H and O–H groups in total. The smallest absolute Gasteiger partial charge is 0.305 e. The van der Waals surface area contributed by atoms with Crippen LogP contribution in [0.5, 0.6) is 0 Å². The molecule has 1 aliphatic rings. The van der Waals surface area contributed by atoms with E-state index >= 15 is 0 Å². The van der Waals surface area contributed by atoms with E-state index in [1.807, 2.05) is 13.0 Å². The number of carbonyl (C=O) groups is 1. The molecule has 2 aromatic carbocycles. The van der Waals surface area contributed by atoms with Crippen LogP contribution in [0.2, 0.25) is 0 Å². The molecular weight excluding hydrogens is 302 g/mol. The van der Waals surface area contributed by atoms with Gasteiger partial charge in [-0.1, -0.05) is 30.3 Å². The van der Waals surface area contributed by atoms with Crippen LogP contribution in [0.25, 0.3) is 0 Å². The summed E-state index contributed by atoms with van der Waals surface area (Å²) in [6.07, 6.45) is -0.274. The van der Waals surface area contributed by atoms with Crippen molar-refractivity contribution in [2.75, 3.05) is 4.31 Å². The molecule has 22 heavy (non-hydrogen) atoms. The Labute approximate surface area is 128 Å². The van der Waals surface area contributed by atoms with Crippen LogP contribution >= 0.6 is 0 Å². The van der Waals surface area contributed by atoms with Crippen LogP contribution in [0, 0.1) is 6.92 Å². The lowest BCUT2D eigenvalue weighted by atomic mass is 10.0. The molecule has 114 valence electrons. The van der Waals surface area contributed by atoms with Crippen molar-refractivity contribution in [2.24, 2.45) is 0 Å². The molecule has 1 atom stereocenters. The average Bonchev–Trinajstić information content (AvgIpc) is 2.67. The SMILES string of the molecule is Cc1cccc(N2C(CC(=O)O)c3ccccc3S2(=O)=O)c1. The van der Waals surface area contributed by atoms with Crippen molar-refractivity contribution in [3.63, 3.8) is 0 Å². The first-order valence-electron chi connectivity index (χ1n) is 6.83. The molecule has 0 aromatic heterocycles. The van der Waals surface area contributed by atoms with Gasteiger partial charge in [0.15, 0.2) is 0 Å². The molecular formula is C16H15NO4S. The summed E-state index contributed by atoms with van der Waals surface area (Å²) < 4.78 is 26.9. The van der Waals surface area contributed by atoms with Gasteiger partial charge in [-0.3, -0.25) is 9.10 Å². The van der Waals surface area contributed by atoms with Gasteiger partial charge >= 0.3 is 5.97 Å². The van der Waals surface area contributed by atoms with Gasteiger partial charge in [0.1, 0.15) is 0 Å². The molecule has 1 unspecified atom stereocenters. The largest absolute Gasteiger partial charge is 0.481 e. The highest BCUT2D eigenvalue weighted by molar-refractivity contribution is 7.93. The monoisotopic (exact) mass is 317 g/mol. The topological polar surface area (TPSA) is 74.7 Å². The summed E-state index contributed by atoms with van der Waals surface area (Å²) in [5.74, 6) is -1.03. The Morgan fingerprint density at radius 3 is 2.59 bits per heavy atom. The molecule has 0 amide bonds. The maximum absolute atomic E-state index is 12.8. The van der Waals surface area contributed by atoms with Crippen molar-refractivity contribution in [1.29, 1.82) is 0 Å². The van der Waals surface area contributed by atoms with E-state index in [-0.39, 0.29) is 11.3 Å². The third-order valence-corrected chi connectivity index (χ3v) is 5.63. The van der Waals surface area contributed by atoms with Crippen molar-refractivity contribution in [2.45, 2.75) is 24.3 Å². The second-order valence-electron chi connectivity index (χ2n) is 5.29. The molecule has 2 aromatic rings. The first-order chi connectivity index (χ1) is 10.4. The standard InChI is InChI=1S/C16H15NO4S/c1-11-5-4-6-12(9-11)17-14(10-16(18)19)13-7-2-3-8-15(13)22(17,20)21/h2-9,14H,10H2,1H3,(H,18,19). The number of aryl methyl sites for hydroxylation is 1. The highest BCUT2D eigenvalue weighted by Crippen LogP contribution is 2.44. The van der Waals surface area contributed by atoms with Crippen LogP contribution in [0.1, 0.15) is 23.6 Å². The number of rotatable bonds is 3. The Kier molecular flexibility index (Phi) is 3.41. The number of carboxylic acids is 1. The second kappa shape index (κ2) is 5.14. The zero-order valence-corrected chi connectivity index (χ0v) is 12.7. The van der Waals surface area contributed by atoms with Gasteiger partial charge in [0.05, 0.1) is 23.0 Å². The van der Waals surface area contributed by atoms with Crippen molar-refractivity contribution in [3.8, 4) is 0 Å². The number of hydrogen-bond donors (Lipinski definition) is 1. The van der Waals surface area contributed by atoms with Gasteiger partial charge in [-0.25, -0.2) is 8.42 Å². The van der Waals surface area contributed by atoms with E-state index in [2.05, 4.69) is 0 Å². The molecule has 0 aliphatic carbocycles. The molecule has 0 spiro atoms. The quantitative estimate of drug-likeness (QED) is 0.944. The number of aliphatic carboxylic acids is 1.